The second kappa shape index (κ2) is 6.75. The molecule has 5 N–H and O–H groups in total. The number of benzene rings is 1. The predicted octanol–water partition coefficient (Wildman–Crippen LogP) is -0.157. The number of amides is 1. The molecule has 1 amide bonds. The van der Waals surface area contributed by atoms with E-state index in [4.69, 9.17) is 10.9 Å². The minimum absolute atomic E-state index is 0.0228. The third-order valence-electron chi connectivity index (χ3n) is 4.15. The molecule has 2 aromatic rings. The number of carbonyl (C=O) groups is 1. The summed E-state index contributed by atoms with van der Waals surface area (Å²) in [5.41, 5.74) is 7.69. The van der Waals surface area contributed by atoms with Crippen molar-refractivity contribution < 1.29 is 10.0 Å². The Morgan fingerprint density at radius 1 is 1.50 bits per heavy atom. The van der Waals surface area contributed by atoms with E-state index in [1.165, 1.54) is 0 Å². The summed E-state index contributed by atoms with van der Waals surface area (Å²) in [6, 6.07) is 5.44. The van der Waals surface area contributed by atoms with Gasteiger partial charge in [-0.1, -0.05) is 11.2 Å². The van der Waals surface area contributed by atoms with Crippen LogP contribution >= 0.6 is 0 Å². The number of aromatic nitrogens is 2. The van der Waals surface area contributed by atoms with Gasteiger partial charge in [0.2, 0.25) is 11.9 Å². The number of oxime groups is 1. The van der Waals surface area contributed by atoms with Crippen LogP contribution in [0.3, 0.4) is 0 Å². The zero-order valence-electron chi connectivity index (χ0n) is 13.5. The van der Waals surface area contributed by atoms with E-state index >= 15 is 0 Å². The quantitative estimate of drug-likeness (QED) is 0.261. The number of nitrogens with one attached hydrogen (secondary N) is 2. The predicted molar refractivity (Wildman–Crippen MR) is 91.2 cm³/mol. The van der Waals surface area contributed by atoms with Crippen LogP contribution < -0.4 is 11.1 Å². The summed E-state index contributed by atoms with van der Waals surface area (Å²) >= 11 is 0. The van der Waals surface area contributed by atoms with Crippen molar-refractivity contribution in [1.29, 1.82) is 0 Å². The summed E-state index contributed by atoms with van der Waals surface area (Å²) in [5, 5.41) is 15.1. The van der Waals surface area contributed by atoms with Crippen LogP contribution in [0.1, 0.15) is 5.56 Å². The lowest BCUT2D eigenvalue weighted by atomic mass is 10.2. The first-order chi connectivity index (χ1) is 11.6. The van der Waals surface area contributed by atoms with Crippen LogP contribution in [-0.2, 0) is 4.79 Å². The van der Waals surface area contributed by atoms with E-state index in [0.29, 0.717) is 30.1 Å². The Hall–Kier alpha value is -2.81. The Labute approximate surface area is 139 Å². The molecule has 1 aliphatic heterocycles. The molecule has 3 rings (SSSR count). The van der Waals surface area contributed by atoms with E-state index in [1.54, 1.807) is 11.0 Å². The van der Waals surface area contributed by atoms with Crippen LogP contribution in [0.25, 0.3) is 11.0 Å². The van der Waals surface area contributed by atoms with E-state index in [1.807, 2.05) is 19.2 Å². The third kappa shape index (κ3) is 3.25. The van der Waals surface area contributed by atoms with Gasteiger partial charge in [0.15, 0.2) is 5.84 Å². The van der Waals surface area contributed by atoms with Crippen molar-refractivity contribution in [2.45, 2.75) is 0 Å². The average molecular weight is 331 g/mol. The first kappa shape index (κ1) is 16.1. The van der Waals surface area contributed by atoms with Gasteiger partial charge >= 0.3 is 0 Å². The standard InChI is InChI=1S/C15H21N7O2/c1-21-7-8-22(9-12(21)23)6-5-17-15-18-11-4-2-3-10(13(11)19-15)14(16)20-24/h2-4,24H,5-9H2,1H3,(H2,16,20)(H2,17,18,19). The van der Waals surface area contributed by atoms with Crippen molar-refractivity contribution >= 4 is 28.7 Å². The van der Waals surface area contributed by atoms with E-state index in [9.17, 15) is 4.79 Å². The van der Waals surface area contributed by atoms with Gasteiger partial charge in [0.25, 0.3) is 0 Å². The summed E-state index contributed by atoms with van der Waals surface area (Å²) in [6.07, 6.45) is 0. The smallest absolute Gasteiger partial charge is 0.236 e. The molecule has 1 aromatic heterocycles. The Morgan fingerprint density at radius 3 is 3.08 bits per heavy atom. The molecule has 128 valence electrons. The van der Waals surface area contributed by atoms with E-state index in [-0.39, 0.29) is 11.7 Å². The first-order valence-electron chi connectivity index (χ1n) is 7.75. The lowest BCUT2D eigenvalue weighted by molar-refractivity contribution is -0.134. The summed E-state index contributed by atoms with van der Waals surface area (Å²) in [5.74, 6) is 0.784. The molecule has 1 saturated heterocycles. The maximum Gasteiger partial charge on any atom is 0.236 e. The summed E-state index contributed by atoms with van der Waals surface area (Å²) in [4.78, 5) is 23.2. The molecular weight excluding hydrogens is 310 g/mol. The Bertz CT molecular complexity index is 770. The minimum atomic E-state index is 0.0228. The summed E-state index contributed by atoms with van der Waals surface area (Å²) in [6.45, 7) is 3.50. The molecule has 0 atom stereocenters. The normalized spacial score (nSPS) is 16.8. The highest BCUT2D eigenvalue weighted by molar-refractivity contribution is 6.07. The van der Waals surface area contributed by atoms with Gasteiger partial charge in [-0.2, -0.15) is 0 Å². The van der Waals surface area contributed by atoms with Crippen LogP contribution in [0.4, 0.5) is 5.95 Å². The molecule has 1 aliphatic rings. The van der Waals surface area contributed by atoms with Crippen LogP contribution in [-0.4, -0.2) is 76.5 Å². The number of nitrogens with zero attached hydrogens (tertiary/aromatic N) is 4. The van der Waals surface area contributed by atoms with E-state index in [2.05, 4.69) is 25.3 Å². The number of likely N-dealkylation sites (N-methyl/N-ethyl adjacent to an activating group) is 1. The maximum atomic E-state index is 11.7. The molecule has 0 spiro atoms. The number of fused-ring (bicyclic) bond motifs is 1. The fourth-order valence-corrected chi connectivity index (χ4v) is 2.71. The van der Waals surface area contributed by atoms with Crippen molar-refractivity contribution in [3.05, 3.63) is 23.8 Å². The highest BCUT2D eigenvalue weighted by Crippen LogP contribution is 2.18. The molecule has 1 aromatic carbocycles. The monoisotopic (exact) mass is 331 g/mol. The Kier molecular flexibility index (Phi) is 4.52. The number of rotatable bonds is 5. The van der Waals surface area contributed by atoms with Crippen LogP contribution in [0.15, 0.2) is 23.4 Å². The number of carbonyl (C=O) groups excluding carboxylic acids is 1. The lowest BCUT2D eigenvalue weighted by Crippen LogP contribution is -2.49. The molecule has 0 radical (unpaired) electrons. The fourth-order valence-electron chi connectivity index (χ4n) is 2.71. The molecule has 0 unspecified atom stereocenters. The van der Waals surface area contributed by atoms with E-state index < -0.39 is 0 Å². The van der Waals surface area contributed by atoms with Gasteiger partial charge in [-0.3, -0.25) is 9.69 Å². The number of imidazole rings is 1. The average Bonchev–Trinajstić information content (AvgIpc) is 3.00. The fraction of sp³-hybridized carbons (Fsp3) is 0.400. The maximum absolute atomic E-state index is 11.7. The number of hydrogen-bond donors (Lipinski definition) is 4. The zero-order valence-corrected chi connectivity index (χ0v) is 13.5. The molecule has 0 aliphatic carbocycles. The number of piperazine rings is 1. The largest absolute Gasteiger partial charge is 0.409 e. The van der Waals surface area contributed by atoms with E-state index in [0.717, 1.165) is 25.2 Å². The summed E-state index contributed by atoms with van der Waals surface area (Å²) in [7, 11) is 1.82. The van der Waals surface area contributed by atoms with Gasteiger partial charge in [-0.15, -0.1) is 0 Å². The van der Waals surface area contributed by atoms with Gasteiger partial charge in [0.1, 0.15) is 5.52 Å². The molecule has 0 bridgehead atoms. The molecule has 2 heterocycles. The number of amidine groups is 1. The molecular formula is C15H21N7O2. The van der Waals surface area contributed by atoms with Crippen molar-refractivity contribution in [2.24, 2.45) is 10.9 Å². The second-order valence-corrected chi connectivity index (χ2v) is 5.79. The highest BCUT2D eigenvalue weighted by atomic mass is 16.4. The summed E-state index contributed by atoms with van der Waals surface area (Å²) < 4.78 is 0. The number of para-hydroxylation sites is 1. The van der Waals surface area contributed by atoms with Crippen molar-refractivity contribution in [3.8, 4) is 0 Å². The number of aromatic amines is 1. The number of nitrogens with two attached hydrogens (primary N) is 1. The van der Waals surface area contributed by atoms with Gasteiger partial charge in [-0.25, -0.2) is 4.98 Å². The van der Waals surface area contributed by atoms with Crippen LogP contribution in [0.5, 0.6) is 0 Å². The van der Waals surface area contributed by atoms with Crippen LogP contribution in [0.2, 0.25) is 0 Å². The number of H-pyrrole nitrogens is 1. The van der Waals surface area contributed by atoms with Gasteiger partial charge in [0.05, 0.1) is 12.1 Å². The molecule has 0 saturated carbocycles. The molecule has 24 heavy (non-hydrogen) atoms. The SMILES string of the molecule is CN1CCN(CCNc2nc3c(C(N)=NO)cccc3[nH]2)CC1=O. The van der Waals surface area contributed by atoms with Gasteiger partial charge in [-0.05, 0) is 12.1 Å². The third-order valence-corrected chi connectivity index (χ3v) is 4.15. The van der Waals surface area contributed by atoms with Crippen molar-refractivity contribution in [2.75, 3.05) is 45.1 Å². The van der Waals surface area contributed by atoms with Gasteiger partial charge in [0, 0.05) is 38.8 Å². The highest BCUT2D eigenvalue weighted by Gasteiger charge is 2.20. The van der Waals surface area contributed by atoms with Crippen molar-refractivity contribution in [1.82, 2.24) is 19.8 Å². The molecule has 1 fully saturated rings. The zero-order chi connectivity index (χ0) is 17.1. The minimum Gasteiger partial charge on any atom is -0.409 e. The van der Waals surface area contributed by atoms with Crippen LogP contribution in [0, 0.1) is 0 Å². The topological polar surface area (TPSA) is 123 Å². The lowest BCUT2D eigenvalue weighted by Gasteiger charge is -2.31. The Morgan fingerprint density at radius 2 is 2.33 bits per heavy atom. The molecule has 9 nitrogen and oxygen atoms in total. The second-order valence-electron chi connectivity index (χ2n) is 5.79. The number of hydrogen-bond acceptors (Lipinski definition) is 6. The Balaban J connectivity index is 1.63. The molecule has 9 heteroatoms. The first-order valence-corrected chi connectivity index (χ1v) is 7.75. The number of anilines is 1. The van der Waals surface area contributed by atoms with Crippen molar-refractivity contribution in [3.63, 3.8) is 0 Å². The van der Waals surface area contributed by atoms with Gasteiger partial charge < -0.3 is 26.1 Å².